The molecule has 3 heterocycles. The number of imidazole rings is 1. The van der Waals surface area contributed by atoms with Gasteiger partial charge in [0.05, 0.1) is 12.0 Å². The Hall–Kier alpha value is -3.09. The van der Waals surface area contributed by atoms with E-state index in [1.165, 1.54) is 18.2 Å². The molecule has 3 atom stereocenters. The van der Waals surface area contributed by atoms with Crippen LogP contribution in [0.15, 0.2) is 49.1 Å². The zero-order valence-corrected chi connectivity index (χ0v) is 15.9. The number of H-pyrrole nitrogens is 1. The lowest BCUT2D eigenvalue weighted by Gasteiger charge is -2.35. The Morgan fingerprint density at radius 3 is 2.76 bits per heavy atom. The third kappa shape index (κ3) is 2.75. The standard InChI is InChI=1S/C22H20F2N4O/c1-22(18-15(23)5-2-6-16(18)24)10-14(22)21(29)28-9-7-17-19(27-12-26-17)20(28)13-4-3-8-25-11-13/h2-6,8,11-12,14,20H,7,9-10H2,1H3,(H,26,27). The molecule has 2 aromatic heterocycles. The number of fused-ring (bicyclic) bond motifs is 1. The SMILES string of the molecule is CC1(c2c(F)cccc2F)CC1C(=O)N1CCc2[nH]cnc2C1c1cccnc1. The number of halogens is 2. The number of aromatic amines is 1. The number of benzene rings is 1. The predicted molar refractivity (Wildman–Crippen MR) is 102 cm³/mol. The highest BCUT2D eigenvalue weighted by Gasteiger charge is 2.59. The summed E-state index contributed by atoms with van der Waals surface area (Å²) in [6.07, 6.45) is 6.14. The zero-order valence-electron chi connectivity index (χ0n) is 15.9. The van der Waals surface area contributed by atoms with Gasteiger partial charge in [-0.05, 0) is 30.2 Å². The summed E-state index contributed by atoms with van der Waals surface area (Å²) in [4.78, 5) is 27.1. The van der Waals surface area contributed by atoms with Gasteiger partial charge in [-0.1, -0.05) is 19.1 Å². The van der Waals surface area contributed by atoms with E-state index in [0.717, 1.165) is 17.0 Å². The first kappa shape index (κ1) is 18.0. The van der Waals surface area contributed by atoms with Crippen molar-refractivity contribution in [2.45, 2.75) is 31.2 Å². The van der Waals surface area contributed by atoms with Crippen molar-refractivity contribution >= 4 is 5.91 Å². The van der Waals surface area contributed by atoms with Crippen molar-refractivity contribution in [3.05, 3.63) is 83.2 Å². The highest BCUT2D eigenvalue weighted by Crippen LogP contribution is 2.57. The van der Waals surface area contributed by atoms with Gasteiger partial charge in [-0.2, -0.15) is 0 Å². The molecule has 0 saturated heterocycles. The lowest BCUT2D eigenvalue weighted by molar-refractivity contribution is -0.135. The van der Waals surface area contributed by atoms with E-state index < -0.39 is 23.0 Å². The largest absolute Gasteiger partial charge is 0.348 e. The number of rotatable bonds is 3. The molecule has 5 nitrogen and oxygen atoms in total. The molecule has 1 N–H and O–H groups in total. The zero-order chi connectivity index (χ0) is 20.2. The number of hydrogen-bond donors (Lipinski definition) is 1. The Bertz CT molecular complexity index is 1060. The van der Waals surface area contributed by atoms with Crippen LogP contribution in [0.5, 0.6) is 0 Å². The Labute approximate surface area is 166 Å². The summed E-state index contributed by atoms with van der Waals surface area (Å²) >= 11 is 0. The molecule has 2 aliphatic rings. The average Bonchev–Trinajstić information content (AvgIpc) is 3.17. The third-order valence-corrected chi connectivity index (χ3v) is 6.28. The highest BCUT2D eigenvalue weighted by atomic mass is 19.1. The van der Waals surface area contributed by atoms with Crippen molar-refractivity contribution in [1.82, 2.24) is 19.9 Å². The van der Waals surface area contributed by atoms with Crippen molar-refractivity contribution < 1.29 is 13.6 Å². The highest BCUT2D eigenvalue weighted by molar-refractivity contribution is 5.85. The minimum atomic E-state index is -0.835. The number of pyridine rings is 1. The monoisotopic (exact) mass is 394 g/mol. The van der Waals surface area contributed by atoms with E-state index in [2.05, 4.69) is 15.0 Å². The molecule has 0 spiro atoms. The summed E-state index contributed by atoms with van der Waals surface area (Å²) in [5, 5.41) is 0. The smallest absolute Gasteiger partial charge is 0.227 e. The van der Waals surface area contributed by atoms with Crippen LogP contribution in [-0.4, -0.2) is 32.3 Å². The molecule has 148 valence electrons. The van der Waals surface area contributed by atoms with Crippen LogP contribution in [0, 0.1) is 17.6 Å². The fourth-order valence-electron chi connectivity index (χ4n) is 4.63. The van der Waals surface area contributed by atoms with Gasteiger partial charge in [0.15, 0.2) is 0 Å². The van der Waals surface area contributed by atoms with Crippen molar-refractivity contribution in [1.29, 1.82) is 0 Å². The van der Waals surface area contributed by atoms with Crippen LogP contribution in [0.3, 0.4) is 0 Å². The second-order valence-corrected chi connectivity index (χ2v) is 8.01. The molecule has 1 aromatic carbocycles. The maximum Gasteiger partial charge on any atom is 0.227 e. The van der Waals surface area contributed by atoms with E-state index in [0.29, 0.717) is 19.4 Å². The van der Waals surface area contributed by atoms with Crippen molar-refractivity contribution in [2.24, 2.45) is 5.92 Å². The molecule has 29 heavy (non-hydrogen) atoms. The average molecular weight is 394 g/mol. The molecule has 1 fully saturated rings. The van der Waals surface area contributed by atoms with Crippen LogP contribution in [-0.2, 0) is 16.6 Å². The molecule has 3 aromatic rings. The lowest BCUT2D eigenvalue weighted by atomic mass is 9.92. The van der Waals surface area contributed by atoms with Crippen LogP contribution < -0.4 is 0 Å². The van der Waals surface area contributed by atoms with Crippen LogP contribution in [0.1, 0.15) is 41.9 Å². The quantitative estimate of drug-likeness (QED) is 0.739. The van der Waals surface area contributed by atoms with Gasteiger partial charge < -0.3 is 9.88 Å². The van der Waals surface area contributed by atoms with Crippen LogP contribution >= 0.6 is 0 Å². The van der Waals surface area contributed by atoms with Crippen LogP contribution in [0.25, 0.3) is 0 Å². The number of hydrogen-bond acceptors (Lipinski definition) is 3. The summed E-state index contributed by atoms with van der Waals surface area (Å²) in [5.74, 6) is -1.76. The Kier molecular flexibility index (Phi) is 4.01. The molecule has 1 aliphatic carbocycles. The summed E-state index contributed by atoms with van der Waals surface area (Å²) < 4.78 is 28.8. The number of nitrogens with one attached hydrogen (secondary N) is 1. The molecule has 1 amide bonds. The summed E-state index contributed by atoms with van der Waals surface area (Å²) in [5.41, 5.74) is 1.85. The number of amides is 1. The van der Waals surface area contributed by atoms with E-state index in [-0.39, 0.29) is 17.5 Å². The van der Waals surface area contributed by atoms with Crippen LogP contribution in [0.4, 0.5) is 8.78 Å². The molecular weight excluding hydrogens is 374 g/mol. The second-order valence-electron chi connectivity index (χ2n) is 8.01. The minimum absolute atomic E-state index is 0.00810. The molecule has 7 heteroatoms. The molecule has 0 bridgehead atoms. The van der Waals surface area contributed by atoms with E-state index in [4.69, 9.17) is 0 Å². The van der Waals surface area contributed by atoms with Gasteiger partial charge in [0.25, 0.3) is 0 Å². The molecule has 0 radical (unpaired) electrons. The third-order valence-electron chi connectivity index (χ3n) is 6.28. The second kappa shape index (κ2) is 6.47. The van der Waals surface area contributed by atoms with Gasteiger partial charge in [-0.25, -0.2) is 13.8 Å². The van der Waals surface area contributed by atoms with Crippen molar-refractivity contribution in [3.8, 4) is 0 Å². The van der Waals surface area contributed by atoms with Crippen LogP contribution in [0.2, 0.25) is 0 Å². The summed E-state index contributed by atoms with van der Waals surface area (Å²) in [6.45, 7) is 2.28. The van der Waals surface area contributed by atoms with Gasteiger partial charge >= 0.3 is 0 Å². The van der Waals surface area contributed by atoms with Crippen molar-refractivity contribution in [2.75, 3.05) is 6.54 Å². The van der Waals surface area contributed by atoms with Gasteiger partial charge in [0, 0.05) is 47.9 Å². The molecule has 1 aliphatic heterocycles. The maximum atomic E-state index is 14.4. The number of carbonyl (C=O) groups excluding carboxylic acids is 1. The van der Waals surface area contributed by atoms with Crippen molar-refractivity contribution in [3.63, 3.8) is 0 Å². The summed E-state index contributed by atoms with van der Waals surface area (Å²) in [7, 11) is 0. The lowest BCUT2D eigenvalue weighted by Crippen LogP contribution is -2.42. The van der Waals surface area contributed by atoms with E-state index in [1.54, 1.807) is 30.5 Å². The van der Waals surface area contributed by atoms with Gasteiger partial charge in [0.2, 0.25) is 5.91 Å². The normalized spacial score (nSPS) is 25.6. The fourth-order valence-corrected chi connectivity index (χ4v) is 4.63. The number of aromatic nitrogens is 3. The first-order chi connectivity index (χ1) is 14.0. The van der Waals surface area contributed by atoms with Gasteiger partial charge in [0.1, 0.15) is 17.7 Å². The van der Waals surface area contributed by atoms with E-state index >= 15 is 0 Å². The molecule has 5 rings (SSSR count). The maximum absolute atomic E-state index is 14.4. The van der Waals surface area contributed by atoms with Gasteiger partial charge in [-0.3, -0.25) is 9.78 Å². The van der Waals surface area contributed by atoms with E-state index in [1.807, 2.05) is 12.1 Å². The fraction of sp³-hybridized carbons (Fsp3) is 0.318. The van der Waals surface area contributed by atoms with E-state index in [9.17, 15) is 13.6 Å². The number of carbonyl (C=O) groups is 1. The Morgan fingerprint density at radius 1 is 1.24 bits per heavy atom. The Balaban J connectivity index is 1.50. The molecule has 1 saturated carbocycles. The Morgan fingerprint density at radius 2 is 2.03 bits per heavy atom. The first-order valence-electron chi connectivity index (χ1n) is 9.68. The predicted octanol–water partition coefficient (Wildman–Crippen LogP) is 3.53. The number of nitrogens with zero attached hydrogens (tertiary/aromatic N) is 3. The first-order valence-corrected chi connectivity index (χ1v) is 9.68. The topological polar surface area (TPSA) is 61.9 Å². The van der Waals surface area contributed by atoms with Gasteiger partial charge in [-0.15, -0.1) is 0 Å². The molecule has 3 unspecified atom stereocenters. The minimum Gasteiger partial charge on any atom is -0.348 e. The molecular formula is C22H20F2N4O. The summed E-state index contributed by atoms with van der Waals surface area (Å²) in [6, 6.07) is 7.23.